The average Bonchev–Trinajstić information content (AvgIpc) is 2.89. The fraction of sp³-hybridized carbons (Fsp3) is 0.429. The van der Waals surface area contributed by atoms with Crippen LogP contribution in [0.15, 0.2) is 42.6 Å². The highest BCUT2D eigenvalue weighted by Crippen LogP contribution is 2.18. The van der Waals surface area contributed by atoms with Crippen LogP contribution in [0.25, 0.3) is 0 Å². The molecule has 1 nitrogen and oxygen atoms in total. The Morgan fingerprint density at radius 2 is 1.60 bits per heavy atom. The number of hydrogen-bond donors (Lipinski definition) is 1. The van der Waals surface area contributed by atoms with Crippen LogP contribution in [0.1, 0.15) is 39.2 Å². The van der Waals surface area contributed by atoms with E-state index in [2.05, 4.69) is 41.7 Å². The number of rotatable bonds is 1. The average molecular weight is 205 g/mol. The molecule has 1 aliphatic heterocycles. The van der Waals surface area contributed by atoms with Gasteiger partial charge in [-0.15, -0.1) is 0 Å². The second-order valence-corrected chi connectivity index (χ2v) is 2.78. The van der Waals surface area contributed by atoms with Crippen LogP contribution in [0.4, 0.5) is 0 Å². The van der Waals surface area contributed by atoms with Crippen LogP contribution in [0.5, 0.6) is 0 Å². The topological polar surface area (TPSA) is 12.0 Å². The molecule has 2 rings (SSSR count). The molecule has 0 saturated heterocycles. The first-order valence-corrected chi connectivity index (χ1v) is 5.92. The smallest absolute Gasteiger partial charge is 0.0245 e. The lowest BCUT2D eigenvalue weighted by Gasteiger charge is -2.05. The van der Waals surface area contributed by atoms with Gasteiger partial charge in [-0.2, -0.15) is 0 Å². The van der Waals surface area contributed by atoms with Crippen molar-refractivity contribution in [3.05, 3.63) is 48.2 Å². The maximum Gasteiger partial charge on any atom is 0.0245 e. The molecule has 0 bridgehead atoms. The number of hydrogen-bond acceptors (Lipinski definition) is 1. The number of nitrogens with one attached hydrogen (secondary N) is 1. The molecule has 1 heterocycles. The third kappa shape index (κ3) is 4.68. The van der Waals surface area contributed by atoms with Gasteiger partial charge in [-0.1, -0.05) is 64.1 Å². The van der Waals surface area contributed by atoms with E-state index >= 15 is 0 Å². The molecule has 1 atom stereocenters. The minimum absolute atomic E-state index is 0.580. The van der Waals surface area contributed by atoms with Gasteiger partial charge in [0.2, 0.25) is 0 Å². The Labute approximate surface area is 94.2 Å². The first-order valence-electron chi connectivity index (χ1n) is 5.92. The lowest BCUT2D eigenvalue weighted by molar-refractivity contribution is 0.814. The van der Waals surface area contributed by atoms with Crippen molar-refractivity contribution in [3.8, 4) is 0 Å². The van der Waals surface area contributed by atoms with Crippen LogP contribution in [0.2, 0.25) is 0 Å². The van der Waals surface area contributed by atoms with Crippen LogP contribution < -0.4 is 5.32 Å². The molecule has 0 aliphatic carbocycles. The van der Waals surface area contributed by atoms with E-state index in [1.807, 2.05) is 33.9 Å². The molecule has 0 saturated carbocycles. The molecule has 1 N–H and O–H groups in total. The first-order chi connectivity index (χ1) is 7.47. The second-order valence-electron chi connectivity index (χ2n) is 2.78. The zero-order valence-electron chi connectivity index (χ0n) is 10.3. The van der Waals surface area contributed by atoms with Gasteiger partial charge in [-0.25, -0.2) is 0 Å². The quantitative estimate of drug-likeness (QED) is 0.732. The van der Waals surface area contributed by atoms with Gasteiger partial charge >= 0.3 is 0 Å². The highest BCUT2D eigenvalue weighted by atomic mass is 14.9. The largest absolute Gasteiger partial charge is 0.390 e. The molecule has 1 aromatic carbocycles. The lowest BCUT2D eigenvalue weighted by Crippen LogP contribution is -2.06. The Morgan fingerprint density at radius 1 is 1.00 bits per heavy atom. The van der Waals surface area contributed by atoms with Crippen LogP contribution in [-0.4, -0.2) is 6.54 Å². The van der Waals surface area contributed by atoms with Crippen molar-refractivity contribution in [3.63, 3.8) is 0 Å². The summed E-state index contributed by atoms with van der Waals surface area (Å²) in [6.45, 7) is 9.05. The standard InChI is InChI=1S/C10H11N.2C2H6/c1-2-4-9(5-3-1)10-6-7-11-8-10;2*1-2/h1-7,10-11H,8H2;2*1-2H3. The minimum atomic E-state index is 0.580. The van der Waals surface area contributed by atoms with Crippen molar-refractivity contribution < 1.29 is 0 Å². The third-order valence-electron chi connectivity index (χ3n) is 2.01. The van der Waals surface area contributed by atoms with Crippen LogP contribution in [0, 0.1) is 0 Å². The summed E-state index contributed by atoms with van der Waals surface area (Å²) in [5.41, 5.74) is 1.40. The van der Waals surface area contributed by atoms with Crippen molar-refractivity contribution >= 4 is 0 Å². The zero-order chi connectivity index (χ0) is 11.5. The molecule has 0 aromatic heterocycles. The van der Waals surface area contributed by atoms with E-state index in [4.69, 9.17) is 0 Å². The molecule has 0 radical (unpaired) electrons. The van der Waals surface area contributed by atoms with Gasteiger partial charge in [-0.05, 0) is 11.8 Å². The van der Waals surface area contributed by atoms with E-state index < -0.39 is 0 Å². The second kappa shape index (κ2) is 9.32. The SMILES string of the molecule is C1=CC(c2ccccc2)CN1.CC.CC. The summed E-state index contributed by atoms with van der Waals surface area (Å²) >= 11 is 0. The molecule has 1 heteroatoms. The molecule has 0 amide bonds. The fourth-order valence-electron chi connectivity index (χ4n) is 1.38. The fourth-order valence-corrected chi connectivity index (χ4v) is 1.38. The van der Waals surface area contributed by atoms with Crippen molar-refractivity contribution in [1.82, 2.24) is 5.32 Å². The van der Waals surface area contributed by atoms with E-state index in [-0.39, 0.29) is 0 Å². The Morgan fingerprint density at radius 3 is 2.07 bits per heavy atom. The van der Waals surface area contributed by atoms with Gasteiger partial charge in [-0.3, -0.25) is 0 Å². The summed E-state index contributed by atoms with van der Waals surface area (Å²) in [6, 6.07) is 10.6. The maximum absolute atomic E-state index is 3.19. The Bertz CT molecular complexity index is 251. The molecule has 1 aromatic rings. The van der Waals surface area contributed by atoms with Gasteiger partial charge in [0.1, 0.15) is 0 Å². The highest BCUT2D eigenvalue weighted by Gasteiger charge is 2.09. The summed E-state index contributed by atoms with van der Waals surface area (Å²) < 4.78 is 0. The third-order valence-corrected chi connectivity index (χ3v) is 2.01. The van der Waals surface area contributed by atoms with E-state index in [1.54, 1.807) is 0 Å². The molecule has 0 fully saturated rings. The van der Waals surface area contributed by atoms with E-state index in [0.29, 0.717) is 5.92 Å². The Balaban J connectivity index is 0.000000442. The molecule has 84 valence electrons. The van der Waals surface area contributed by atoms with Crippen molar-refractivity contribution in [1.29, 1.82) is 0 Å². The maximum atomic E-state index is 3.19. The predicted octanol–water partition coefficient (Wildman–Crippen LogP) is 3.94. The van der Waals surface area contributed by atoms with Gasteiger partial charge in [0.05, 0.1) is 0 Å². The molecule has 1 aliphatic rings. The molecular formula is C14H23N. The normalized spacial score (nSPS) is 16.7. The summed E-state index contributed by atoms with van der Waals surface area (Å²) in [5.74, 6) is 0.580. The van der Waals surface area contributed by atoms with Gasteiger partial charge in [0.25, 0.3) is 0 Å². The van der Waals surface area contributed by atoms with Gasteiger partial charge in [0, 0.05) is 12.5 Å². The van der Waals surface area contributed by atoms with Crippen molar-refractivity contribution in [2.45, 2.75) is 33.6 Å². The Hall–Kier alpha value is -1.24. The summed E-state index contributed by atoms with van der Waals surface area (Å²) in [4.78, 5) is 0. The Kier molecular flexibility index (Phi) is 8.55. The summed E-state index contributed by atoms with van der Waals surface area (Å²) in [6.07, 6.45) is 4.23. The van der Waals surface area contributed by atoms with E-state index in [0.717, 1.165) is 6.54 Å². The molecule has 15 heavy (non-hydrogen) atoms. The summed E-state index contributed by atoms with van der Waals surface area (Å²) in [5, 5.41) is 3.19. The van der Waals surface area contributed by atoms with Crippen LogP contribution in [0.3, 0.4) is 0 Å². The molecule has 0 spiro atoms. The zero-order valence-corrected chi connectivity index (χ0v) is 10.3. The predicted molar refractivity (Wildman–Crippen MR) is 69.0 cm³/mol. The van der Waals surface area contributed by atoms with Crippen LogP contribution in [-0.2, 0) is 0 Å². The van der Waals surface area contributed by atoms with E-state index in [1.165, 1.54) is 5.56 Å². The van der Waals surface area contributed by atoms with Crippen molar-refractivity contribution in [2.24, 2.45) is 0 Å². The molecule has 1 unspecified atom stereocenters. The highest BCUT2D eigenvalue weighted by molar-refractivity contribution is 5.26. The first kappa shape index (κ1) is 13.8. The van der Waals surface area contributed by atoms with Gasteiger partial charge in [0.15, 0.2) is 0 Å². The number of benzene rings is 1. The van der Waals surface area contributed by atoms with Gasteiger partial charge < -0.3 is 5.32 Å². The molecular weight excluding hydrogens is 182 g/mol. The lowest BCUT2D eigenvalue weighted by atomic mass is 10.0. The monoisotopic (exact) mass is 205 g/mol. The summed E-state index contributed by atoms with van der Waals surface area (Å²) in [7, 11) is 0. The minimum Gasteiger partial charge on any atom is -0.390 e. The van der Waals surface area contributed by atoms with E-state index in [9.17, 15) is 0 Å². The van der Waals surface area contributed by atoms with Crippen LogP contribution >= 0.6 is 0 Å². The van der Waals surface area contributed by atoms with Crippen molar-refractivity contribution in [2.75, 3.05) is 6.54 Å².